The number of benzene rings is 2. The average Bonchev–Trinajstić information content (AvgIpc) is 3.43. The number of fused-ring (bicyclic) bond motifs is 2. The molecule has 52 heavy (non-hydrogen) atoms. The van der Waals surface area contributed by atoms with Crippen molar-refractivity contribution in [3.05, 3.63) is 63.6 Å². The number of nitrogens with zero attached hydrogens (tertiary/aromatic N) is 5. The molecule has 2 aromatic carbocycles. The SMILES string of the molecule is Cc1cc(C[C@@H](OC(=O)N2CCC(N3CCc4ccccc4NC3=O)CC2)C(=O)N2CCC(N3CCN(S(C)(=O)=O)CC3)CC2)cc2oc(=O)[nH]c12. The smallest absolute Gasteiger partial charge is 0.417 e. The Morgan fingerprint density at radius 2 is 1.58 bits per heavy atom. The number of amides is 4. The van der Waals surface area contributed by atoms with Gasteiger partial charge in [-0.3, -0.25) is 14.7 Å². The molecule has 0 unspecified atom stereocenters. The number of urea groups is 1. The molecular weight excluding hydrogens is 691 g/mol. The van der Waals surface area contributed by atoms with Gasteiger partial charge in [-0.05, 0) is 67.9 Å². The van der Waals surface area contributed by atoms with Crippen molar-refractivity contribution in [3.8, 4) is 0 Å². The number of ether oxygens (including phenoxy) is 1. The van der Waals surface area contributed by atoms with Crippen LogP contribution in [0, 0.1) is 6.92 Å². The molecule has 0 radical (unpaired) electrons. The molecule has 2 N–H and O–H groups in total. The summed E-state index contributed by atoms with van der Waals surface area (Å²) in [5.74, 6) is -0.849. The maximum absolute atomic E-state index is 14.1. The number of piperidine rings is 2. The van der Waals surface area contributed by atoms with Gasteiger partial charge in [-0.25, -0.2) is 22.8 Å². The number of nitrogens with one attached hydrogen (secondary N) is 2. The van der Waals surface area contributed by atoms with Gasteiger partial charge in [0.25, 0.3) is 5.91 Å². The number of aromatic amines is 1. The number of carbonyl (C=O) groups excluding carboxylic acids is 3. The topological polar surface area (TPSA) is 169 Å². The first-order valence-corrected chi connectivity index (χ1v) is 20.0. The number of hydrogen-bond donors (Lipinski definition) is 2. The summed E-state index contributed by atoms with van der Waals surface area (Å²) in [5, 5.41) is 3.03. The number of anilines is 1. The summed E-state index contributed by atoms with van der Waals surface area (Å²) in [4.78, 5) is 63.1. The lowest BCUT2D eigenvalue weighted by molar-refractivity contribution is -0.142. The lowest BCUT2D eigenvalue weighted by Gasteiger charge is -2.42. The number of carbonyl (C=O) groups is 3. The van der Waals surface area contributed by atoms with Crippen LogP contribution in [0.2, 0.25) is 0 Å². The van der Waals surface area contributed by atoms with Crippen LogP contribution >= 0.6 is 0 Å². The summed E-state index contributed by atoms with van der Waals surface area (Å²) < 4.78 is 36.8. The third-order valence-corrected chi connectivity index (χ3v) is 12.4. The van der Waals surface area contributed by atoms with Crippen LogP contribution < -0.4 is 11.1 Å². The minimum Gasteiger partial charge on any atom is -0.436 e. The summed E-state index contributed by atoms with van der Waals surface area (Å²) in [5.41, 5.74) is 4.35. The van der Waals surface area contributed by atoms with E-state index in [-0.39, 0.29) is 30.4 Å². The summed E-state index contributed by atoms with van der Waals surface area (Å²) in [6.45, 7) is 6.39. The summed E-state index contributed by atoms with van der Waals surface area (Å²) >= 11 is 0. The standard InChI is InChI=1S/C36H47N7O8S/c1-24-21-25(22-30-32(24)38-35(46)50-30)23-31(33(44)40-12-8-27(9-13-40)39-17-19-42(20-18-39)52(2,48)49)51-36(47)41-14-10-28(11-15-41)43-16-7-26-5-3-4-6-29(26)37-34(43)45/h3-6,21-22,27-28,31H,7-20,23H2,1-2H3,(H,37,45)(H,38,46)/t31-/m1/s1. The van der Waals surface area contributed by atoms with Crippen LogP contribution in [0.4, 0.5) is 15.3 Å². The van der Waals surface area contributed by atoms with Crippen molar-refractivity contribution >= 4 is 44.8 Å². The molecule has 280 valence electrons. The molecule has 3 saturated heterocycles. The number of aromatic nitrogens is 1. The van der Waals surface area contributed by atoms with Crippen molar-refractivity contribution in [2.75, 3.05) is 70.5 Å². The van der Waals surface area contributed by atoms with E-state index in [1.54, 1.807) is 15.9 Å². The van der Waals surface area contributed by atoms with Crippen LogP contribution in [0.1, 0.15) is 42.4 Å². The van der Waals surface area contributed by atoms with Crippen molar-refractivity contribution < 1.29 is 32.0 Å². The van der Waals surface area contributed by atoms with E-state index in [0.717, 1.165) is 36.1 Å². The zero-order valence-corrected chi connectivity index (χ0v) is 30.5. The Kier molecular flexibility index (Phi) is 10.3. The molecule has 3 fully saturated rings. The second kappa shape index (κ2) is 14.9. The summed E-state index contributed by atoms with van der Waals surface area (Å²) in [6, 6.07) is 11.4. The first-order valence-electron chi connectivity index (χ1n) is 18.1. The minimum absolute atomic E-state index is 0.0304. The van der Waals surface area contributed by atoms with Crippen molar-refractivity contribution in [1.29, 1.82) is 0 Å². The highest BCUT2D eigenvalue weighted by atomic mass is 32.2. The van der Waals surface area contributed by atoms with E-state index < -0.39 is 28.0 Å². The van der Waals surface area contributed by atoms with Crippen LogP contribution in [0.3, 0.4) is 0 Å². The van der Waals surface area contributed by atoms with E-state index in [4.69, 9.17) is 9.15 Å². The molecule has 0 saturated carbocycles. The number of para-hydroxylation sites is 1. The number of H-pyrrole nitrogens is 1. The molecule has 0 spiro atoms. The molecule has 4 aliphatic heterocycles. The Morgan fingerprint density at radius 1 is 0.904 bits per heavy atom. The fourth-order valence-corrected chi connectivity index (χ4v) is 8.98. The monoisotopic (exact) mass is 737 g/mol. The van der Waals surface area contributed by atoms with Gasteiger partial charge in [-0.2, -0.15) is 4.31 Å². The first-order chi connectivity index (χ1) is 24.9. The highest BCUT2D eigenvalue weighted by Gasteiger charge is 2.37. The number of sulfonamides is 1. The van der Waals surface area contributed by atoms with Gasteiger partial charge < -0.3 is 29.2 Å². The number of rotatable bonds is 7. The number of likely N-dealkylation sites (tertiary alicyclic amines) is 2. The van der Waals surface area contributed by atoms with Gasteiger partial charge in [0, 0.05) is 83.1 Å². The van der Waals surface area contributed by atoms with Crippen LogP contribution in [0.15, 0.2) is 45.6 Å². The third kappa shape index (κ3) is 7.83. The number of piperazine rings is 1. The maximum Gasteiger partial charge on any atom is 0.417 e. The molecule has 4 aliphatic rings. The Balaban J connectivity index is 0.997. The lowest BCUT2D eigenvalue weighted by atomic mass is 10.00. The lowest BCUT2D eigenvalue weighted by Crippen LogP contribution is -2.55. The molecule has 5 heterocycles. The van der Waals surface area contributed by atoms with Gasteiger partial charge >= 0.3 is 17.9 Å². The summed E-state index contributed by atoms with van der Waals surface area (Å²) in [7, 11) is -3.22. The Morgan fingerprint density at radius 3 is 2.29 bits per heavy atom. The van der Waals surface area contributed by atoms with Crippen molar-refractivity contribution in [1.82, 2.24) is 28.9 Å². The predicted molar refractivity (Wildman–Crippen MR) is 194 cm³/mol. The van der Waals surface area contributed by atoms with Crippen LogP contribution in [-0.4, -0.2) is 139 Å². The van der Waals surface area contributed by atoms with Crippen molar-refractivity contribution in [2.24, 2.45) is 0 Å². The molecule has 3 aromatic rings. The second-order valence-electron chi connectivity index (χ2n) is 14.4. The molecule has 7 rings (SSSR count). The van der Waals surface area contributed by atoms with Gasteiger partial charge in [-0.15, -0.1) is 0 Å². The molecule has 16 heteroatoms. The van der Waals surface area contributed by atoms with Gasteiger partial charge in [0.2, 0.25) is 10.0 Å². The van der Waals surface area contributed by atoms with Crippen LogP contribution in [-0.2, 0) is 32.4 Å². The largest absolute Gasteiger partial charge is 0.436 e. The van der Waals surface area contributed by atoms with E-state index >= 15 is 0 Å². The Hall–Kier alpha value is -4.41. The highest BCUT2D eigenvalue weighted by Crippen LogP contribution is 2.27. The first kappa shape index (κ1) is 36.0. The number of oxazole rings is 1. The second-order valence-corrected chi connectivity index (χ2v) is 16.4. The fraction of sp³-hybridized carbons (Fsp3) is 0.556. The number of hydrogen-bond acceptors (Lipinski definition) is 9. The Bertz CT molecular complexity index is 1970. The molecule has 1 atom stereocenters. The van der Waals surface area contributed by atoms with E-state index in [1.807, 2.05) is 42.2 Å². The van der Waals surface area contributed by atoms with Gasteiger partial charge in [0.1, 0.15) is 0 Å². The molecule has 15 nitrogen and oxygen atoms in total. The molecular formula is C36H47N7O8S. The predicted octanol–water partition coefficient (Wildman–Crippen LogP) is 2.60. The molecule has 0 bridgehead atoms. The normalized spacial score (nSPS) is 20.7. The molecule has 1 aromatic heterocycles. The zero-order valence-electron chi connectivity index (χ0n) is 29.7. The van der Waals surface area contributed by atoms with E-state index in [0.29, 0.717) is 88.4 Å². The van der Waals surface area contributed by atoms with Gasteiger partial charge in [0.05, 0.1) is 11.8 Å². The van der Waals surface area contributed by atoms with Crippen molar-refractivity contribution in [3.63, 3.8) is 0 Å². The number of aryl methyl sites for hydroxylation is 1. The van der Waals surface area contributed by atoms with Crippen LogP contribution in [0.25, 0.3) is 11.1 Å². The zero-order chi connectivity index (χ0) is 36.6. The molecule has 0 aliphatic carbocycles. The van der Waals surface area contributed by atoms with E-state index in [1.165, 1.54) is 10.6 Å². The molecule has 4 amide bonds. The van der Waals surface area contributed by atoms with Gasteiger partial charge in [0.15, 0.2) is 11.7 Å². The van der Waals surface area contributed by atoms with E-state index in [2.05, 4.69) is 15.2 Å². The quantitative estimate of drug-likeness (QED) is 0.370. The fourth-order valence-electron chi connectivity index (χ4n) is 8.16. The van der Waals surface area contributed by atoms with Gasteiger partial charge in [-0.1, -0.05) is 24.3 Å². The minimum atomic E-state index is -3.22. The third-order valence-electron chi connectivity index (χ3n) is 11.1. The summed E-state index contributed by atoms with van der Waals surface area (Å²) in [6.07, 6.45) is 3.05. The maximum atomic E-state index is 14.1. The highest BCUT2D eigenvalue weighted by molar-refractivity contribution is 7.88. The van der Waals surface area contributed by atoms with Crippen molar-refractivity contribution in [2.45, 2.75) is 63.6 Å². The average molecular weight is 738 g/mol. The van der Waals surface area contributed by atoms with E-state index in [9.17, 15) is 27.6 Å². The van der Waals surface area contributed by atoms with Crippen LogP contribution in [0.5, 0.6) is 0 Å². The Labute approximate surface area is 302 Å².